The van der Waals surface area contributed by atoms with Crippen LogP contribution in [0.1, 0.15) is 18.9 Å². The number of thioether (sulfide) groups is 1. The fourth-order valence-electron chi connectivity index (χ4n) is 2.71. The molecule has 1 heterocycles. The maximum atomic E-state index is 12.7. The van der Waals surface area contributed by atoms with Crippen molar-refractivity contribution in [1.82, 2.24) is 4.90 Å². The largest absolute Gasteiger partial charge is 0.325 e. The number of amidine groups is 1. The van der Waals surface area contributed by atoms with E-state index in [-0.39, 0.29) is 18.2 Å². The first-order valence-electron chi connectivity index (χ1n) is 8.55. The van der Waals surface area contributed by atoms with Gasteiger partial charge in [0.15, 0.2) is 5.17 Å². The Balaban J connectivity index is 1.80. The summed E-state index contributed by atoms with van der Waals surface area (Å²) >= 11 is 1.34. The van der Waals surface area contributed by atoms with E-state index >= 15 is 0 Å². The molecule has 1 fully saturated rings. The molecule has 5 nitrogen and oxygen atoms in total. The molecule has 3 rings (SSSR count). The topological polar surface area (TPSA) is 61.8 Å². The predicted molar refractivity (Wildman–Crippen MR) is 107 cm³/mol. The summed E-state index contributed by atoms with van der Waals surface area (Å²) in [5, 5.41) is 2.98. The van der Waals surface area contributed by atoms with Gasteiger partial charge in [-0.3, -0.25) is 14.5 Å². The lowest BCUT2D eigenvalue weighted by Crippen LogP contribution is -2.45. The second-order valence-corrected chi connectivity index (χ2v) is 7.21. The fourth-order valence-corrected chi connectivity index (χ4v) is 3.87. The van der Waals surface area contributed by atoms with Gasteiger partial charge in [0.05, 0.1) is 5.69 Å². The second kappa shape index (κ2) is 8.19. The average Bonchev–Trinajstić information content (AvgIpc) is 2.62. The van der Waals surface area contributed by atoms with Crippen molar-refractivity contribution in [3.8, 4) is 0 Å². The minimum atomic E-state index is -0.492. The summed E-state index contributed by atoms with van der Waals surface area (Å²) in [6.07, 6.45) is 0.171. The van der Waals surface area contributed by atoms with Crippen molar-refractivity contribution in [1.29, 1.82) is 0 Å². The molecule has 1 aliphatic heterocycles. The van der Waals surface area contributed by atoms with Crippen LogP contribution in [0.5, 0.6) is 0 Å². The Morgan fingerprint density at radius 3 is 2.69 bits per heavy atom. The van der Waals surface area contributed by atoms with E-state index in [0.29, 0.717) is 11.7 Å². The monoisotopic (exact) mass is 367 g/mol. The second-order valence-electron chi connectivity index (χ2n) is 6.04. The van der Waals surface area contributed by atoms with E-state index in [0.717, 1.165) is 16.9 Å². The number of rotatable bonds is 4. The van der Waals surface area contributed by atoms with Crippen LogP contribution < -0.4 is 5.32 Å². The van der Waals surface area contributed by atoms with Gasteiger partial charge >= 0.3 is 0 Å². The van der Waals surface area contributed by atoms with Crippen molar-refractivity contribution in [3.63, 3.8) is 0 Å². The van der Waals surface area contributed by atoms with Crippen LogP contribution in [0, 0.1) is 6.92 Å². The fraction of sp³-hybridized carbons (Fsp3) is 0.250. The molecule has 26 heavy (non-hydrogen) atoms. The standard InChI is InChI=1S/C20H21N3O2S/c1-3-23-18(24)13-17(19(25)21-16-11-7-8-14(2)12-16)26-20(23)22-15-9-5-4-6-10-15/h4-12,17H,3,13H2,1-2H3,(H,21,25). The zero-order valence-corrected chi connectivity index (χ0v) is 15.6. The van der Waals surface area contributed by atoms with Gasteiger partial charge < -0.3 is 5.32 Å². The number of aliphatic imine (C=N–C) groups is 1. The summed E-state index contributed by atoms with van der Waals surface area (Å²) in [5.74, 6) is -0.254. The molecule has 1 atom stereocenters. The van der Waals surface area contributed by atoms with Gasteiger partial charge in [0, 0.05) is 18.7 Å². The Hall–Kier alpha value is -2.60. The number of nitrogens with zero attached hydrogens (tertiary/aromatic N) is 2. The van der Waals surface area contributed by atoms with Crippen molar-refractivity contribution in [2.45, 2.75) is 25.5 Å². The molecule has 0 bridgehead atoms. The Morgan fingerprint density at radius 2 is 2.00 bits per heavy atom. The molecule has 0 aromatic heterocycles. The summed E-state index contributed by atoms with van der Waals surface area (Å²) in [7, 11) is 0. The maximum Gasteiger partial charge on any atom is 0.238 e. The molecule has 1 unspecified atom stereocenters. The molecule has 2 aromatic carbocycles. The number of aryl methyl sites for hydroxylation is 1. The first-order valence-corrected chi connectivity index (χ1v) is 9.43. The van der Waals surface area contributed by atoms with Gasteiger partial charge in [-0.15, -0.1) is 0 Å². The van der Waals surface area contributed by atoms with Crippen molar-refractivity contribution < 1.29 is 9.59 Å². The van der Waals surface area contributed by atoms with Gasteiger partial charge in [-0.2, -0.15) is 0 Å². The van der Waals surface area contributed by atoms with Gasteiger partial charge in [-0.25, -0.2) is 4.99 Å². The summed E-state index contributed by atoms with van der Waals surface area (Å²) in [5.41, 5.74) is 2.57. The molecule has 6 heteroatoms. The van der Waals surface area contributed by atoms with Crippen LogP contribution in [0.4, 0.5) is 11.4 Å². The first-order chi connectivity index (χ1) is 12.6. The van der Waals surface area contributed by atoms with E-state index < -0.39 is 5.25 Å². The van der Waals surface area contributed by atoms with Gasteiger partial charge in [0.2, 0.25) is 11.8 Å². The number of nitrogens with one attached hydrogen (secondary N) is 1. The maximum absolute atomic E-state index is 12.7. The lowest BCUT2D eigenvalue weighted by molar-refractivity contribution is -0.129. The molecular weight excluding hydrogens is 346 g/mol. The summed E-state index contributed by atoms with van der Waals surface area (Å²) in [6, 6.07) is 17.1. The SMILES string of the molecule is CCN1C(=O)CC(C(=O)Nc2cccc(C)c2)SC1=Nc1ccccc1. The summed E-state index contributed by atoms with van der Waals surface area (Å²) in [4.78, 5) is 31.4. The molecule has 0 saturated carbocycles. The molecule has 2 aromatic rings. The Labute approximate surface area is 157 Å². The van der Waals surface area contributed by atoms with Crippen molar-refractivity contribution in [2.24, 2.45) is 4.99 Å². The molecule has 1 saturated heterocycles. The van der Waals surface area contributed by atoms with Crippen molar-refractivity contribution >= 4 is 40.1 Å². The van der Waals surface area contributed by atoms with Gasteiger partial charge in [-0.05, 0) is 43.7 Å². The minimum absolute atomic E-state index is 0.0784. The lowest BCUT2D eigenvalue weighted by atomic mass is 10.2. The summed E-state index contributed by atoms with van der Waals surface area (Å²) < 4.78 is 0. The van der Waals surface area contributed by atoms with E-state index in [2.05, 4.69) is 10.3 Å². The molecule has 2 amide bonds. The highest BCUT2D eigenvalue weighted by Crippen LogP contribution is 2.29. The average molecular weight is 367 g/mol. The van der Waals surface area contributed by atoms with Crippen LogP contribution in [0.15, 0.2) is 59.6 Å². The third-order valence-corrected chi connectivity index (χ3v) is 5.20. The molecular formula is C20H21N3O2S. The molecule has 0 radical (unpaired) electrons. The van der Waals surface area contributed by atoms with Crippen LogP contribution in [0.25, 0.3) is 0 Å². The third-order valence-electron chi connectivity index (χ3n) is 4.01. The highest BCUT2D eigenvalue weighted by Gasteiger charge is 2.35. The smallest absolute Gasteiger partial charge is 0.238 e. The van der Waals surface area contributed by atoms with Crippen molar-refractivity contribution in [2.75, 3.05) is 11.9 Å². The highest BCUT2D eigenvalue weighted by atomic mass is 32.2. The number of hydrogen-bond donors (Lipinski definition) is 1. The molecule has 0 aliphatic carbocycles. The number of amides is 2. The van der Waals surface area contributed by atoms with Crippen LogP contribution in [-0.2, 0) is 9.59 Å². The molecule has 134 valence electrons. The molecule has 0 spiro atoms. The minimum Gasteiger partial charge on any atom is -0.325 e. The van der Waals surface area contributed by atoms with E-state index in [9.17, 15) is 9.59 Å². The van der Waals surface area contributed by atoms with Crippen LogP contribution in [-0.4, -0.2) is 33.7 Å². The van der Waals surface area contributed by atoms with Gasteiger partial charge in [0.25, 0.3) is 0 Å². The normalized spacial score (nSPS) is 18.8. The van der Waals surface area contributed by atoms with Crippen LogP contribution in [0.3, 0.4) is 0 Å². The van der Waals surface area contributed by atoms with Gasteiger partial charge in [-0.1, -0.05) is 42.1 Å². The number of benzene rings is 2. The number of para-hydroxylation sites is 1. The van der Waals surface area contributed by atoms with Crippen LogP contribution in [0.2, 0.25) is 0 Å². The van der Waals surface area contributed by atoms with E-state index in [1.54, 1.807) is 4.90 Å². The summed E-state index contributed by atoms with van der Waals surface area (Å²) in [6.45, 7) is 4.41. The lowest BCUT2D eigenvalue weighted by Gasteiger charge is -2.30. The third kappa shape index (κ3) is 4.32. The predicted octanol–water partition coefficient (Wildman–Crippen LogP) is 3.98. The van der Waals surface area contributed by atoms with Crippen molar-refractivity contribution in [3.05, 3.63) is 60.2 Å². The highest BCUT2D eigenvalue weighted by molar-refractivity contribution is 8.15. The van der Waals surface area contributed by atoms with E-state index in [1.165, 1.54) is 11.8 Å². The zero-order valence-electron chi connectivity index (χ0n) is 14.8. The van der Waals surface area contributed by atoms with Crippen LogP contribution >= 0.6 is 11.8 Å². The van der Waals surface area contributed by atoms with E-state index in [4.69, 9.17) is 0 Å². The Bertz CT molecular complexity index is 836. The number of carbonyl (C=O) groups is 2. The Morgan fingerprint density at radius 1 is 1.23 bits per heavy atom. The number of anilines is 1. The Kier molecular flexibility index (Phi) is 5.73. The van der Waals surface area contributed by atoms with E-state index in [1.807, 2.05) is 68.4 Å². The first kappa shape index (κ1) is 18.2. The molecule has 1 aliphatic rings. The van der Waals surface area contributed by atoms with Gasteiger partial charge in [0.1, 0.15) is 5.25 Å². The number of hydrogen-bond acceptors (Lipinski definition) is 4. The number of carbonyl (C=O) groups excluding carboxylic acids is 2. The zero-order chi connectivity index (χ0) is 18.5. The molecule has 1 N–H and O–H groups in total. The quantitative estimate of drug-likeness (QED) is 0.889.